The normalized spacial score (nSPS) is 18.6. The van der Waals surface area contributed by atoms with Gasteiger partial charge >= 0.3 is 0 Å². The summed E-state index contributed by atoms with van der Waals surface area (Å²) >= 11 is 5.25. The number of hydrogen-bond acceptors (Lipinski definition) is 4. The summed E-state index contributed by atoms with van der Waals surface area (Å²) in [6.07, 6.45) is 0. The highest BCUT2D eigenvalue weighted by atomic mass is 79.9. The lowest BCUT2D eigenvalue weighted by Crippen LogP contribution is -2.13. The third-order valence-electron chi connectivity index (χ3n) is 2.76. The number of thioether (sulfide) groups is 1. The summed E-state index contributed by atoms with van der Waals surface area (Å²) in [6.45, 7) is 5.31. The van der Waals surface area contributed by atoms with E-state index in [1.165, 1.54) is 0 Å². The van der Waals surface area contributed by atoms with Gasteiger partial charge in [0.1, 0.15) is 0 Å². The van der Waals surface area contributed by atoms with Crippen LogP contribution in [0.1, 0.15) is 19.4 Å². The predicted molar refractivity (Wildman–Crippen MR) is 81.0 cm³/mol. The van der Waals surface area contributed by atoms with Crippen LogP contribution in [0.5, 0.6) is 0 Å². The lowest BCUT2D eigenvalue weighted by molar-refractivity contribution is 0.621. The maximum atomic E-state index is 8.81. The Bertz CT molecular complexity index is 519. The second-order valence-electron chi connectivity index (χ2n) is 4.48. The molecule has 0 bridgehead atoms. The third-order valence-corrected chi connectivity index (χ3v) is 4.87. The Hall–Kier alpha value is -0.990. The second-order valence-corrected chi connectivity index (χ2v) is 6.56. The van der Waals surface area contributed by atoms with Gasteiger partial charge in [0.2, 0.25) is 0 Å². The average Bonchev–Trinajstić information content (AvgIpc) is 2.80. The van der Waals surface area contributed by atoms with Crippen molar-refractivity contribution < 1.29 is 0 Å². The Morgan fingerprint density at radius 1 is 1.56 bits per heavy atom. The van der Waals surface area contributed by atoms with Crippen molar-refractivity contribution in [2.75, 3.05) is 11.9 Å². The number of rotatable bonds is 2. The van der Waals surface area contributed by atoms with Gasteiger partial charge in [0.15, 0.2) is 5.17 Å². The molecule has 2 rings (SSSR count). The van der Waals surface area contributed by atoms with E-state index < -0.39 is 0 Å². The van der Waals surface area contributed by atoms with Gasteiger partial charge in [-0.1, -0.05) is 25.6 Å². The Morgan fingerprint density at radius 2 is 2.33 bits per heavy atom. The molecule has 1 atom stereocenters. The fourth-order valence-corrected chi connectivity index (χ4v) is 3.11. The van der Waals surface area contributed by atoms with E-state index in [2.05, 4.69) is 46.2 Å². The molecule has 0 radical (unpaired) electrons. The van der Waals surface area contributed by atoms with Gasteiger partial charge in [0, 0.05) is 9.72 Å². The van der Waals surface area contributed by atoms with Crippen LogP contribution in [0.2, 0.25) is 0 Å². The number of benzene rings is 1. The summed E-state index contributed by atoms with van der Waals surface area (Å²) in [4.78, 5) is 4.50. The topological polar surface area (TPSA) is 48.2 Å². The van der Waals surface area contributed by atoms with Crippen molar-refractivity contribution >= 4 is 38.5 Å². The summed E-state index contributed by atoms with van der Waals surface area (Å²) < 4.78 is 0.887. The minimum atomic E-state index is 0.560. The first-order valence-electron chi connectivity index (χ1n) is 5.78. The van der Waals surface area contributed by atoms with Gasteiger partial charge in [-0.2, -0.15) is 5.26 Å². The maximum absolute atomic E-state index is 8.81. The van der Waals surface area contributed by atoms with Crippen LogP contribution in [-0.4, -0.2) is 17.0 Å². The van der Waals surface area contributed by atoms with Crippen LogP contribution in [0.15, 0.2) is 27.7 Å². The molecule has 1 aromatic carbocycles. The molecule has 0 aromatic heterocycles. The number of hydrogen-bond donors (Lipinski definition) is 1. The molecule has 1 aliphatic heterocycles. The van der Waals surface area contributed by atoms with Gasteiger partial charge in [-0.25, -0.2) is 0 Å². The molecule has 18 heavy (non-hydrogen) atoms. The van der Waals surface area contributed by atoms with Gasteiger partial charge in [0.25, 0.3) is 0 Å². The van der Waals surface area contributed by atoms with E-state index >= 15 is 0 Å². The smallest absolute Gasteiger partial charge is 0.161 e. The predicted octanol–water partition coefficient (Wildman–Crippen LogP) is 3.86. The molecule has 1 heterocycles. The van der Waals surface area contributed by atoms with E-state index in [9.17, 15) is 0 Å². The number of aliphatic imine (C=N–C) groups is 1. The van der Waals surface area contributed by atoms with Crippen molar-refractivity contribution in [2.45, 2.75) is 19.1 Å². The van der Waals surface area contributed by atoms with Crippen LogP contribution in [0.25, 0.3) is 0 Å². The van der Waals surface area contributed by atoms with Crippen molar-refractivity contribution in [3.8, 4) is 6.07 Å². The quantitative estimate of drug-likeness (QED) is 0.898. The van der Waals surface area contributed by atoms with Crippen LogP contribution in [-0.2, 0) is 0 Å². The van der Waals surface area contributed by atoms with Crippen LogP contribution < -0.4 is 5.32 Å². The Kier molecular flexibility index (Phi) is 4.31. The monoisotopic (exact) mass is 323 g/mol. The summed E-state index contributed by atoms with van der Waals surface area (Å²) in [5.41, 5.74) is 1.60. The van der Waals surface area contributed by atoms with E-state index in [-0.39, 0.29) is 0 Å². The standard InChI is InChI=1S/C13H14BrN3S/c1-8(2)12-7-16-13(18-12)17-11-4-3-9(6-15)5-10(11)14/h3-5,8,12H,7H2,1-2H3,(H,16,17). The third kappa shape index (κ3) is 3.06. The number of nitrogens with zero attached hydrogens (tertiary/aromatic N) is 2. The molecule has 0 saturated carbocycles. The number of halogens is 1. The number of nitrogens with one attached hydrogen (secondary N) is 1. The molecule has 1 aromatic rings. The van der Waals surface area contributed by atoms with Gasteiger partial charge < -0.3 is 5.32 Å². The summed E-state index contributed by atoms with van der Waals surface area (Å²) in [5, 5.41) is 13.6. The molecule has 1 aliphatic rings. The number of amidine groups is 1. The van der Waals surface area contributed by atoms with Gasteiger partial charge in [-0.05, 0) is 40.0 Å². The Morgan fingerprint density at radius 3 is 2.89 bits per heavy atom. The maximum Gasteiger partial charge on any atom is 0.161 e. The van der Waals surface area contributed by atoms with Crippen LogP contribution in [0.4, 0.5) is 5.69 Å². The molecule has 5 heteroatoms. The van der Waals surface area contributed by atoms with E-state index in [0.717, 1.165) is 21.9 Å². The fourth-order valence-electron chi connectivity index (χ4n) is 1.61. The van der Waals surface area contributed by atoms with E-state index in [1.807, 2.05) is 12.1 Å². The summed E-state index contributed by atoms with van der Waals surface area (Å²) in [5.74, 6) is 0.627. The lowest BCUT2D eigenvalue weighted by atomic mass is 10.1. The van der Waals surface area contributed by atoms with Crippen LogP contribution in [0, 0.1) is 17.2 Å². The zero-order valence-corrected chi connectivity index (χ0v) is 12.7. The van der Waals surface area contributed by atoms with Crippen molar-refractivity contribution in [3.05, 3.63) is 28.2 Å². The first-order chi connectivity index (χ1) is 8.60. The number of nitriles is 1. The molecule has 1 N–H and O–H groups in total. The minimum Gasteiger partial charge on any atom is -0.334 e. The highest BCUT2D eigenvalue weighted by Crippen LogP contribution is 2.30. The van der Waals surface area contributed by atoms with Gasteiger partial charge in [-0.15, -0.1) is 0 Å². The molecule has 0 amide bonds. The van der Waals surface area contributed by atoms with Crippen molar-refractivity contribution in [1.29, 1.82) is 5.26 Å². The lowest BCUT2D eigenvalue weighted by Gasteiger charge is -2.12. The van der Waals surface area contributed by atoms with Crippen molar-refractivity contribution in [1.82, 2.24) is 0 Å². The highest BCUT2D eigenvalue weighted by molar-refractivity contribution is 9.10. The summed E-state index contributed by atoms with van der Waals surface area (Å²) in [6, 6.07) is 7.62. The van der Waals surface area contributed by atoms with Crippen LogP contribution in [0.3, 0.4) is 0 Å². The highest BCUT2D eigenvalue weighted by Gasteiger charge is 2.22. The van der Waals surface area contributed by atoms with E-state index in [4.69, 9.17) is 5.26 Å². The molecule has 0 saturated heterocycles. The van der Waals surface area contributed by atoms with E-state index in [0.29, 0.717) is 16.7 Å². The molecule has 1 unspecified atom stereocenters. The zero-order chi connectivity index (χ0) is 13.1. The van der Waals surface area contributed by atoms with Gasteiger partial charge in [0.05, 0.1) is 23.9 Å². The largest absolute Gasteiger partial charge is 0.334 e. The average molecular weight is 324 g/mol. The molecule has 94 valence electrons. The molecule has 0 aliphatic carbocycles. The second kappa shape index (κ2) is 5.77. The minimum absolute atomic E-state index is 0.560. The molecule has 0 fully saturated rings. The summed E-state index contributed by atoms with van der Waals surface area (Å²) in [7, 11) is 0. The Balaban J connectivity index is 2.05. The zero-order valence-electron chi connectivity index (χ0n) is 10.3. The molecular formula is C13H14BrN3S. The Labute approximate surface area is 120 Å². The van der Waals surface area contributed by atoms with Gasteiger partial charge in [-0.3, -0.25) is 4.99 Å². The van der Waals surface area contributed by atoms with Crippen LogP contribution >= 0.6 is 27.7 Å². The SMILES string of the molecule is CC(C)C1CN=C(Nc2ccc(C#N)cc2Br)S1. The van der Waals surface area contributed by atoms with E-state index in [1.54, 1.807) is 17.8 Å². The number of anilines is 1. The molecular weight excluding hydrogens is 310 g/mol. The first-order valence-corrected chi connectivity index (χ1v) is 7.45. The first kappa shape index (κ1) is 13.4. The molecule has 3 nitrogen and oxygen atoms in total. The molecule has 0 spiro atoms. The van der Waals surface area contributed by atoms with Crippen molar-refractivity contribution in [3.63, 3.8) is 0 Å². The van der Waals surface area contributed by atoms with Crippen molar-refractivity contribution in [2.24, 2.45) is 10.9 Å². The fraction of sp³-hybridized carbons (Fsp3) is 0.385.